The Hall–Kier alpha value is -3.98. The Bertz CT molecular complexity index is 1200. The van der Waals surface area contributed by atoms with Crippen molar-refractivity contribution in [3.05, 3.63) is 96.1 Å². The Kier molecular flexibility index (Phi) is 6.78. The highest BCUT2D eigenvalue weighted by Gasteiger charge is 2.26. The van der Waals surface area contributed by atoms with E-state index in [1.54, 1.807) is 60.7 Å². The first kappa shape index (κ1) is 21.7. The van der Waals surface area contributed by atoms with Crippen molar-refractivity contribution < 1.29 is 23.1 Å². The molecule has 0 aromatic heterocycles. The molecule has 2 N–H and O–H groups in total. The molecular formula is C22H19N3O5S. The summed E-state index contributed by atoms with van der Waals surface area (Å²) < 4.78 is 27.2. The molecule has 9 heteroatoms. The number of rotatable bonds is 8. The van der Waals surface area contributed by atoms with Crippen molar-refractivity contribution in [1.82, 2.24) is 5.43 Å². The van der Waals surface area contributed by atoms with E-state index in [1.807, 2.05) is 0 Å². The van der Waals surface area contributed by atoms with Gasteiger partial charge in [0.15, 0.2) is 0 Å². The molecule has 0 aliphatic rings. The number of carboxylic acid groups (broad SMARTS) is 1. The largest absolute Gasteiger partial charge is 0.478 e. The first-order valence-corrected chi connectivity index (χ1v) is 10.6. The fraction of sp³-hybridized carbons (Fsp3) is 0.0455. The lowest BCUT2D eigenvalue weighted by Crippen LogP contribution is -2.39. The van der Waals surface area contributed by atoms with Crippen LogP contribution >= 0.6 is 0 Å². The number of carbonyl (C=O) groups is 2. The third-order valence-corrected chi connectivity index (χ3v) is 6.03. The van der Waals surface area contributed by atoms with E-state index in [9.17, 15) is 23.1 Å². The van der Waals surface area contributed by atoms with Gasteiger partial charge in [0, 0.05) is 5.56 Å². The lowest BCUT2D eigenvalue weighted by molar-refractivity contribution is -0.119. The van der Waals surface area contributed by atoms with E-state index in [1.165, 1.54) is 30.5 Å². The molecule has 0 unspecified atom stereocenters. The lowest BCUT2D eigenvalue weighted by atomic mass is 10.1. The average molecular weight is 437 g/mol. The van der Waals surface area contributed by atoms with Gasteiger partial charge < -0.3 is 5.11 Å². The van der Waals surface area contributed by atoms with Gasteiger partial charge in [-0.15, -0.1) is 0 Å². The monoisotopic (exact) mass is 437 g/mol. The Morgan fingerprint density at radius 2 is 1.48 bits per heavy atom. The van der Waals surface area contributed by atoms with E-state index in [0.717, 1.165) is 4.31 Å². The molecule has 3 rings (SSSR count). The van der Waals surface area contributed by atoms with Crippen LogP contribution in [-0.4, -0.2) is 38.2 Å². The maximum absolute atomic E-state index is 13.1. The van der Waals surface area contributed by atoms with Crippen molar-refractivity contribution in [1.29, 1.82) is 0 Å². The Morgan fingerprint density at radius 3 is 2.13 bits per heavy atom. The number of hydrogen-bond acceptors (Lipinski definition) is 5. The standard InChI is InChI=1S/C22H19N3O5S/c26-21(24-23-15-17-9-7-8-14-20(17)22(27)28)16-25(18-10-3-1-4-11-18)31(29,30)19-12-5-2-6-13-19/h1-15H,16H2,(H,24,26)(H,27,28)/b23-15-. The number of hydrogen-bond donors (Lipinski definition) is 2. The van der Waals surface area contributed by atoms with Crippen LogP contribution in [0.25, 0.3) is 0 Å². The zero-order valence-corrected chi connectivity index (χ0v) is 17.1. The SMILES string of the molecule is O=C(CN(c1ccccc1)S(=O)(=O)c1ccccc1)N/N=C\c1ccccc1C(=O)O. The molecule has 0 aliphatic carbocycles. The average Bonchev–Trinajstić information content (AvgIpc) is 2.79. The number of sulfonamides is 1. The zero-order valence-electron chi connectivity index (χ0n) is 16.3. The molecule has 0 heterocycles. The van der Waals surface area contributed by atoms with Gasteiger partial charge in [-0.3, -0.25) is 9.10 Å². The van der Waals surface area contributed by atoms with Crippen molar-refractivity contribution in [2.75, 3.05) is 10.8 Å². The van der Waals surface area contributed by atoms with E-state index >= 15 is 0 Å². The fourth-order valence-electron chi connectivity index (χ4n) is 2.77. The Morgan fingerprint density at radius 1 is 0.903 bits per heavy atom. The Balaban J connectivity index is 1.81. The van der Waals surface area contributed by atoms with Crippen LogP contribution in [0.15, 0.2) is 94.9 Å². The summed E-state index contributed by atoms with van der Waals surface area (Å²) >= 11 is 0. The fourth-order valence-corrected chi connectivity index (χ4v) is 4.21. The molecular weight excluding hydrogens is 418 g/mol. The first-order valence-electron chi connectivity index (χ1n) is 9.16. The second-order valence-electron chi connectivity index (χ2n) is 6.35. The molecule has 1 amide bonds. The number of carbonyl (C=O) groups excluding carboxylic acids is 1. The third-order valence-electron chi connectivity index (χ3n) is 4.25. The summed E-state index contributed by atoms with van der Waals surface area (Å²) in [5.41, 5.74) is 2.90. The summed E-state index contributed by atoms with van der Waals surface area (Å²) in [6.07, 6.45) is 1.19. The van der Waals surface area contributed by atoms with Crippen LogP contribution in [0.5, 0.6) is 0 Å². The van der Waals surface area contributed by atoms with E-state index in [2.05, 4.69) is 10.5 Å². The topological polar surface area (TPSA) is 116 Å². The molecule has 0 fully saturated rings. The maximum atomic E-state index is 13.1. The summed E-state index contributed by atoms with van der Waals surface area (Å²) in [4.78, 5) is 23.8. The summed E-state index contributed by atoms with van der Waals surface area (Å²) in [6.45, 7) is -0.515. The molecule has 0 bridgehead atoms. The van der Waals surface area contributed by atoms with E-state index in [-0.39, 0.29) is 10.5 Å². The minimum absolute atomic E-state index is 0.0260. The van der Waals surface area contributed by atoms with Gasteiger partial charge in [-0.25, -0.2) is 18.6 Å². The van der Waals surface area contributed by atoms with Crippen LogP contribution in [0.4, 0.5) is 5.69 Å². The molecule has 3 aromatic carbocycles. The molecule has 0 saturated carbocycles. The van der Waals surface area contributed by atoms with Gasteiger partial charge in [0.1, 0.15) is 6.54 Å². The zero-order chi connectivity index (χ0) is 22.3. The van der Waals surface area contributed by atoms with Crippen LogP contribution in [0.2, 0.25) is 0 Å². The summed E-state index contributed by atoms with van der Waals surface area (Å²) in [5.74, 6) is -1.81. The van der Waals surface area contributed by atoms with Gasteiger partial charge in [0.05, 0.1) is 22.4 Å². The second-order valence-corrected chi connectivity index (χ2v) is 8.21. The molecule has 0 atom stereocenters. The lowest BCUT2D eigenvalue weighted by Gasteiger charge is -2.23. The maximum Gasteiger partial charge on any atom is 0.336 e. The van der Waals surface area contributed by atoms with E-state index < -0.39 is 28.4 Å². The van der Waals surface area contributed by atoms with Gasteiger partial charge >= 0.3 is 5.97 Å². The number of benzene rings is 3. The second kappa shape index (κ2) is 9.68. The number of aromatic carboxylic acids is 1. The van der Waals surface area contributed by atoms with Crippen molar-refractivity contribution in [3.8, 4) is 0 Å². The van der Waals surface area contributed by atoms with Gasteiger partial charge in [-0.2, -0.15) is 5.10 Å². The number of anilines is 1. The van der Waals surface area contributed by atoms with Crippen molar-refractivity contribution in [3.63, 3.8) is 0 Å². The van der Waals surface area contributed by atoms with Crippen LogP contribution in [0.1, 0.15) is 15.9 Å². The van der Waals surface area contributed by atoms with Crippen molar-refractivity contribution >= 4 is 33.8 Å². The molecule has 8 nitrogen and oxygen atoms in total. The molecule has 31 heavy (non-hydrogen) atoms. The van der Waals surface area contributed by atoms with Gasteiger partial charge in [-0.05, 0) is 30.3 Å². The molecule has 0 spiro atoms. The molecule has 158 valence electrons. The Labute approximate surface area is 179 Å². The predicted molar refractivity (Wildman–Crippen MR) is 117 cm³/mol. The highest BCUT2D eigenvalue weighted by molar-refractivity contribution is 7.92. The number of nitrogens with one attached hydrogen (secondary N) is 1. The van der Waals surface area contributed by atoms with E-state index in [4.69, 9.17) is 0 Å². The van der Waals surface area contributed by atoms with Gasteiger partial charge in [-0.1, -0.05) is 54.6 Å². The molecule has 0 radical (unpaired) electrons. The summed E-state index contributed by atoms with van der Waals surface area (Å²) in [6, 6.07) is 22.2. The van der Waals surface area contributed by atoms with Crippen LogP contribution < -0.4 is 9.73 Å². The smallest absolute Gasteiger partial charge is 0.336 e. The van der Waals surface area contributed by atoms with Crippen LogP contribution in [0.3, 0.4) is 0 Å². The minimum Gasteiger partial charge on any atom is -0.478 e. The van der Waals surface area contributed by atoms with Crippen molar-refractivity contribution in [2.24, 2.45) is 5.10 Å². The molecule has 0 saturated heterocycles. The molecule has 3 aromatic rings. The number of carboxylic acids is 1. The summed E-state index contributed by atoms with van der Waals surface area (Å²) in [7, 11) is -4.00. The number of amides is 1. The normalized spacial score (nSPS) is 11.2. The quantitative estimate of drug-likeness (QED) is 0.415. The van der Waals surface area contributed by atoms with E-state index in [0.29, 0.717) is 11.3 Å². The van der Waals surface area contributed by atoms with Crippen LogP contribution in [-0.2, 0) is 14.8 Å². The highest BCUT2D eigenvalue weighted by Crippen LogP contribution is 2.23. The highest BCUT2D eigenvalue weighted by atomic mass is 32.2. The summed E-state index contributed by atoms with van der Waals surface area (Å²) in [5, 5.41) is 13.0. The molecule has 0 aliphatic heterocycles. The first-order chi connectivity index (χ1) is 14.9. The number of para-hydroxylation sites is 1. The van der Waals surface area contributed by atoms with Gasteiger partial charge in [0.2, 0.25) is 0 Å². The number of nitrogens with zero attached hydrogens (tertiary/aromatic N) is 2. The third kappa shape index (κ3) is 5.34. The van der Waals surface area contributed by atoms with Crippen molar-refractivity contribution in [2.45, 2.75) is 4.90 Å². The number of hydrazone groups is 1. The minimum atomic E-state index is -4.00. The predicted octanol–water partition coefficient (Wildman–Crippen LogP) is 2.73. The van der Waals surface area contributed by atoms with Crippen LogP contribution in [0, 0.1) is 0 Å². The van der Waals surface area contributed by atoms with Gasteiger partial charge in [0.25, 0.3) is 15.9 Å².